The zero-order chi connectivity index (χ0) is 17.4. The van der Waals surface area contributed by atoms with Gasteiger partial charge in [0.05, 0.1) is 0 Å². The Kier molecular flexibility index (Phi) is 6.98. The normalized spacial score (nSPS) is 12.7. The van der Waals surface area contributed by atoms with Crippen molar-refractivity contribution in [2.75, 3.05) is 11.9 Å². The first-order chi connectivity index (χ1) is 10.9. The molecule has 0 bridgehead atoms. The lowest BCUT2D eigenvalue weighted by Crippen LogP contribution is -2.39. The van der Waals surface area contributed by atoms with Crippen LogP contribution in [0.15, 0.2) is 42.5 Å². The Balaban J connectivity index is 0.000000241. The van der Waals surface area contributed by atoms with E-state index in [0.29, 0.717) is 0 Å². The van der Waals surface area contributed by atoms with Crippen molar-refractivity contribution in [2.45, 2.75) is 19.1 Å². The molecule has 0 saturated carbocycles. The zero-order valence-electron chi connectivity index (χ0n) is 12.5. The summed E-state index contributed by atoms with van der Waals surface area (Å²) in [5.74, 6) is -3.54. The van der Waals surface area contributed by atoms with E-state index in [-0.39, 0.29) is 0 Å². The lowest BCUT2D eigenvalue weighted by atomic mass is 10.1. The van der Waals surface area contributed by atoms with E-state index in [1.165, 1.54) is 16.5 Å². The highest BCUT2D eigenvalue weighted by Gasteiger charge is 2.29. The molecule has 0 amide bonds. The fourth-order valence-electron chi connectivity index (χ4n) is 1.84. The molecule has 0 radical (unpaired) electrons. The van der Waals surface area contributed by atoms with Crippen molar-refractivity contribution in [2.24, 2.45) is 0 Å². The van der Waals surface area contributed by atoms with Crippen LogP contribution in [0.5, 0.6) is 0 Å². The van der Waals surface area contributed by atoms with E-state index in [2.05, 4.69) is 54.7 Å². The number of anilines is 1. The average molecular weight is 321 g/mol. The lowest BCUT2D eigenvalue weighted by molar-refractivity contribution is -0.165. The number of nitrogens with one attached hydrogen (secondary N) is 1. The van der Waals surface area contributed by atoms with E-state index >= 15 is 0 Å². The van der Waals surface area contributed by atoms with Gasteiger partial charge in [0.25, 0.3) is 0 Å². The molecule has 2 rings (SSSR count). The van der Waals surface area contributed by atoms with Crippen LogP contribution in [0.2, 0.25) is 0 Å². The molecule has 0 saturated heterocycles. The minimum absolute atomic E-state index is 0.966. The Hall–Kier alpha value is -2.64. The third-order valence-electron chi connectivity index (χ3n) is 2.96. The summed E-state index contributed by atoms with van der Waals surface area (Å²) in [6, 6.07) is 14.8. The fraction of sp³-hybridized carbons (Fsp3) is 0.250. The molecule has 23 heavy (non-hydrogen) atoms. The van der Waals surface area contributed by atoms with E-state index in [4.69, 9.17) is 20.4 Å². The van der Waals surface area contributed by atoms with Crippen LogP contribution < -0.4 is 5.32 Å². The van der Waals surface area contributed by atoms with E-state index < -0.39 is 24.1 Å². The Morgan fingerprint density at radius 2 is 1.48 bits per heavy atom. The molecule has 124 valence electrons. The molecule has 5 N–H and O–H groups in total. The molecule has 0 fully saturated rings. The smallest absolute Gasteiger partial charge is 0.335 e. The molecule has 0 aromatic heterocycles. The van der Waals surface area contributed by atoms with Gasteiger partial charge in [0.15, 0.2) is 12.2 Å². The number of benzene rings is 2. The first-order valence-electron chi connectivity index (χ1n) is 6.91. The first kappa shape index (κ1) is 18.4. The van der Waals surface area contributed by atoms with Crippen LogP contribution in [0.25, 0.3) is 10.8 Å². The minimum Gasteiger partial charge on any atom is -0.479 e. The number of carboxylic acid groups (broad SMARTS) is 2. The quantitative estimate of drug-likeness (QED) is 0.559. The van der Waals surface area contributed by atoms with Crippen LogP contribution >= 0.6 is 0 Å². The topological polar surface area (TPSA) is 127 Å². The van der Waals surface area contributed by atoms with Crippen LogP contribution in [0, 0.1) is 0 Å². The van der Waals surface area contributed by atoms with Gasteiger partial charge in [-0.05, 0) is 18.4 Å². The molecule has 0 aliphatic heterocycles. The predicted octanol–water partition coefficient (Wildman–Crippen LogP) is 1.15. The van der Waals surface area contributed by atoms with E-state index in [0.717, 1.165) is 6.54 Å². The van der Waals surface area contributed by atoms with E-state index in [1.807, 2.05) is 0 Å². The van der Waals surface area contributed by atoms with Gasteiger partial charge in [-0.1, -0.05) is 36.4 Å². The number of fused-ring (bicyclic) bond motifs is 1. The van der Waals surface area contributed by atoms with Crippen LogP contribution in [0.1, 0.15) is 6.92 Å². The van der Waals surface area contributed by atoms with Crippen molar-refractivity contribution in [3.05, 3.63) is 42.5 Å². The van der Waals surface area contributed by atoms with Gasteiger partial charge in [0, 0.05) is 17.6 Å². The molecule has 0 spiro atoms. The van der Waals surface area contributed by atoms with Gasteiger partial charge >= 0.3 is 11.9 Å². The molecule has 0 aliphatic rings. The monoisotopic (exact) mass is 321 g/mol. The fourth-order valence-corrected chi connectivity index (χ4v) is 1.84. The number of carboxylic acids is 2. The van der Waals surface area contributed by atoms with Gasteiger partial charge in [-0.15, -0.1) is 0 Å². The van der Waals surface area contributed by atoms with Gasteiger partial charge in [-0.2, -0.15) is 0 Å². The van der Waals surface area contributed by atoms with Gasteiger partial charge < -0.3 is 25.7 Å². The summed E-state index contributed by atoms with van der Waals surface area (Å²) in [6.07, 6.45) is -4.53. The van der Waals surface area contributed by atoms with Crippen molar-refractivity contribution in [1.29, 1.82) is 0 Å². The number of hydrogen-bond acceptors (Lipinski definition) is 5. The number of aliphatic carboxylic acids is 2. The largest absolute Gasteiger partial charge is 0.479 e. The molecule has 2 atom stereocenters. The SMILES string of the molecule is CCNc1cccc2ccccc12.O=C(O)C(O)C(O)C(=O)O. The van der Waals surface area contributed by atoms with Gasteiger partial charge in [0.1, 0.15) is 0 Å². The lowest BCUT2D eigenvalue weighted by Gasteiger charge is -2.07. The van der Waals surface area contributed by atoms with Crippen LogP contribution in [-0.4, -0.2) is 51.1 Å². The number of carbonyl (C=O) groups is 2. The Morgan fingerprint density at radius 1 is 0.957 bits per heavy atom. The van der Waals surface area contributed by atoms with Crippen LogP contribution in [0.4, 0.5) is 5.69 Å². The molecular weight excluding hydrogens is 302 g/mol. The van der Waals surface area contributed by atoms with Crippen molar-refractivity contribution >= 4 is 28.4 Å². The molecule has 2 unspecified atom stereocenters. The highest BCUT2D eigenvalue weighted by atomic mass is 16.4. The maximum absolute atomic E-state index is 9.77. The summed E-state index contributed by atoms with van der Waals surface area (Å²) < 4.78 is 0. The summed E-state index contributed by atoms with van der Waals surface area (Å²) >= 11 is 0. The number of aliphatic hydroxyl groups is 2. The predicted molar refractivity (Wildman–Crippen MR) is 85.4 cm³/mol. The van der Waals surface area contributed by atoms with Crippen molar-refractivity contribution in [3.63, 3.8) is 0 Å². The highest BCUT2D eigenvalue weighted by Crippen LogP contribution is 2.22. The maximum atomic E-state index is 9.77. The standard InChI is InChI=1S/C12H13N.C4H6O6/c1-2-13-12-9-5-7-10-6-3-4-8-11(10)12;5-1(3(7)8)2(6)4(9)10/h3-9,13H,2H2,1H3;1-2,5-6H,(H,7,8)(H,9,10). The molecule has 7 nitrogen and oxygen atoms in total. The molecule has 2 aromatic carbocycles. The van der Waals surface area contributed by atoms with Crippen molar-refractivity contribution in [3.8, 4) is 0 Å². The second kappa shape index (κ2) is 8.72. The molecule has 0 heterocycles. The second-order valence-corrected chi connectivity index (χ2v) is 4.62. The van der Waals surface area contributed by atoms with Gasteiger partial charge in [-0.3, -0.25) is 0 Å². The second-order valence-electron chi connectivity index (χ2n) is 4.62. The molecule has 0 aliphatic carbocycles. The molecule has 7 heteroatoms. The molecular formula is C16H19NO6. The summed E-state index contributed by atoms with van der Waals surface area (Å²) in [5, 5.41) is 38.5. The van der Waals surface area contributed by atoms with Gasteiger partial charge in [0.2, 0.25) is 0 Å². The third-order valence-corrected chi connectivity index (χ3v) is 2.96. The average Bonchev–Trinajstić information content (AvgIpc) is 2.54. The van der Waals surface area contributed by atoms with E-state index in [1.54, 1.807) is 0 Å². The summed E-state index contributed by atoms with van der Waals surface area (Å²) in [7, 11) is 0. The van der Waals surface area contributed by atoms with E-state index in [9.17, 15) is 9.59 Å². The Labute approximate surface area is 132 Å². The minimum atomic E-state index is -2.27. The van der Waals surface area contributed by atoms with Crippen molar-refractivity contribution < 1.29 is 30.0 Å². The molecule has 2 aromatic rings. The summed E-state index contributed by atoms with van der Waals surface area (Å²) in [6.45, 7) is 3.08. The number of hydrogen-bond donors (Lipinski definition) is 5. The third kappa shape index (κ3) is 5.24. The van der Waals surface area contributed by atoms with Crippen LogP contribution in [-0.2, 0) is 9.59 Å². The Bertz CT molecular complexity index is 649. The van der Waals surface area contributed by atoms with Crippen molar-refractivity contribution in [1.82, 2.24) is 0 Å². The maximum Gasteiger partial charge on any atom is 0.335 e. The Morgan fingerprint density at radius 3 is 2.00 bits per heavy atom. The highest BCUT2D eigenvalue weighted by molar-refractivity contribution is 5.93. The zero-order valence-corrected chi connectivity index (χ0v) is 12.5. The van der Waals surface area contributed by atoms with Gasteiger partial charge in [-0.25, -0.2) is 9.59 Å². The number of aliphatic hydroxyl groups excluding tert-OH is 2. The number of rotatable bonds is 5. The van der Waals surface area contributed by atoms with Crippen LogP contribution in [0.3, 0.4) is 0 Å². The first-order valence-corrected chi connectivity index (χ1v) is 6.91. The summed E-state index contributed by atoms with van der Waals surface area (Å²) in [4.78, 5) is 19.5. The summed E-state index contributed by atoms with van der Waals surface area (Å²) in [5.41, 5.74) is 1.22.